The van der Waals surface area contributed by atoms with Crippen molar-refractivity contribution in [1.82, 2.24) is 4.98 Å². The van der Waals surface area contributed by atoms with E-state index in [0.717, 1.165) is 33.2 Å². The number of nitrogens with two attached hydrogens (primary N) is 1. The Morgan fingerprint density at radius 2 is 2.27 bits per heavy atom. The molecule has 3 N–H and O–H groups in total. The topological polar surface area (TPSA) is 51.0 Å². The summed E-state index contributed by atoms with van der Waals surface area (Å²) in [6.07, 6.45) is 0.832. The lowest BCUT2D eigenvalue weighted by Gasteiger charge is -1.99. The second-order valence-electron chi connectivity index (χ2n) is 3.34. The van der Waals surface area contributed by atoms with Crippen molar-refractivity contribution in [2.75, 3.05) is 13.7 Å². The number of hydrogen-bond donors (Lipinski definition) is 2. The number of para-hydroxylation sites is 1. The van der Waals surface area contributed by atoms with Crippen LogP contribution < -0.4 is 10.5 Å². The molecule has 1 aromatic heterocycles. The van der Waals surface area contributed by atoms with E-state index in [9.17, 15) is 0 Å². The van der Waals surface area contributed by atoms with Crippen LogP contribution in [-0.4, -0.2) is 18.6 Å². The quantitative estimate of drug-likeness (QED) is 0.899. The molecule has 0 saturated heterocycles. The maximum absolute atomic E-state index is 5.55. The molecular weight excluding hydrogens is 256 g/mol. The van der Waals surface area contributed by atoms with E-state index < -0.39 is 0 Å². The predicted octanol–water partition coefficient (Wildman–Crippen LogP) is 2.44. The maximum atomic E-state index is 5.55. The summed E-state index contributed by atoms with van der Waals surface area (Å²) in [4.78, 5) is 3.33. The molecule has 0 aliphatic carbocycles. The minimum Gasteiger partial charge on any atom is -0.495 e. The van der Waals surface area contributed by atoms with Crippen LogP contribution in [0.3, 0.4) is 0 Å². The number of rotatable bonds is 3. The molecule has 0 amide bonds. The number of aromatic nitrogens is 1. The third-order valence-corrected chi connectivity index (χ3v) is 3.32. The summed E-state index contributed by atoms with van der Waals surface area (Å²) >= 11 is 3.57. The van der Waals surface area contributed by atoms with E-state index in [1.807, 2.05) is 12.1 Å². The van der Waals surface area contributed by atoms with Crippen LogP contribution >= 0.6 is 15.9 Å². The van der Waals surface area contributed by atoms with Crippen molar-refractivity contribution in [2.24, 2.45) is 5.73 Å². The molecular formula is C11H13BrN2O. The molecule has 0 aliphatic rings. The fourth-order valence-electron chi connectivity index (χ4n) is 1.70. The van der Waals surface area contributed by atoms with Crippen LogP contribution in [0.5, 0.6) is 5.75 Å². The van der Waals surface area contributed by atoms with Crippen molar-refractivity contribution in [3.63, 3.8) is 0 Å². The zero-order valence-electron chi connectivity index (χ0n) is 8.51. The highest BCUT2D eigenvalue weighted by Crippen LogP contribution is 2.33. The van der Waals surface area contributed by atoms with Crippen molar-refractivity contribution < 1.29 is 4.74 Å². The lowest BCUT2D eigenvalue weighted by Crippen LogP contribution is -2.03. The first-order chi connectivity index (χ1) is 7.27. The SMILES string of the molecule is COc1cccc2c(Br)c(CCN)[nH]c12. The zero-order valence-corrected chi connectivity index (χ0v) is 10.1. The summed E-state index contributed by atoms with van der Waals surface area (Å²) in [5.74, 6) is 0.858. The molecule has 0 unspecified atom stereocenters. The first-order valence-electron chi connectivity index (χ1n) is 4.81. The molecule has 1 heterocycles. The van der Waals surface area contributed by atoms with Gasteiger partial charge in [-0.05, 0) is 28.5 Å². The molecule has 3 nitrogen and oxygen atoms in total. The molecule has 0 radical (unpaired) electrons. The molecule has 0 atom stereocenters. The molecule has 0 aliphatic heterocycles. The molecule has 2 aromatic rings. The Bertz CT molecular complexity index is 479. The highest BCUT2D eigenvalue weighted by Gasteiger charge is 2.11. The fraction of sp³-hybridized carbons (Fsp3) is 0.273. The van der Waals surface area contributed by atoms with Crippen molar-refractivity contribution in [3.8, 4) is 5.75 Å². The van der Waals surface area contributed by atoms with Crippen molar-refractivity contribution in [2.45, 2.75) is 6.42 Å². The number of nitrogens with one attached hydrogen (secondary N) is 1. The standard InChI is InChI=1S/C11H13BrN2O/c1-15-9-4-2-3-7-10(12)8(5-6-13)14-11(7)9/h2-4,14H,5-6,13H2,1H3. The summed E-state index contributed by atoms with van der Waals surface area (Å²) in [6, 6.07) is 5.97. The summed E-state index contributed by atoms with van der Waals surface area (Å²) in [7, 11) is 1.67. The van der Waals surface area contributed by atoms with E-state index in [1.165, 1.54) is 0 Å². The first-order valence-corrected chi connectivity index (χ1v) is 5.60. The summed E-state index contributed by atoms with van der Waals surface area (Å²) in [6.45, 7) is 0.633. The van der Waals surface area contributed by atoms with Crippen LogP contribution in [-0.2, 0) is 6.42 Å². The minimum atomic E-state index is 0.633. The van der Waals surface area contributed by atoms with E-state index in [4.69, 9.17) is 10.5 Å². The Hall–Kier alpha value is -1.00. The van der Waals surface area contributed by atoms with E-state index in [-0.39, 0.29) is 0 Å². The lowest BCUT2D eigenvalue weighted by atomic mass is 10.2. The number of aromatic amines is 1. The van der Waals surface area contributed by atoms with Crippen LogP contribution in [0, 0.1) is 0 Å². The Morgan fingerprint density at radius 1 is 1.47 bits per heavy atom. The largest absolute Gasteiger partial charge is 0.495 e. The number of benzene rings is 1. The molecule has 15 heavy (non-hydrogen) atoms. The Labute approximate surface area is 96.7 Å². The van der Waals surface area contributed by atoms with Gasteiger partial charge in [-0.3, -0.25) is 0 Å². The van der Waals surface area contributed by atoms with E-state index in [0.29, 0.717) is 6.54 Å². The van der Waals surface area contributed by atoms with Crippen LogP contribution in [0.15, 0.2) is 22.7 Å². The highest BCUT2D eigenvalue weighted by molar-refractivity contribution is 9.10. The summed E-state index contributed by atoms with van der Waals surface area (Å²) in [5.41, 5.74) is 7.70. The van der Waals surface area contributed by atoms with Gasteiger partial charge in [0.15, 0.2) is 0 Å². The number of ether oxygens (including phenoxy) is 1. The van der Waals surface area contributed by atoms with Gasteiger partial charge in [0.2, 0.25) is 0 Å². The predicted molar refractivity (Wildman–Crippen MR) is 65.3 cm³/mol. The molecule has 80 valence electrons. The Balaban J connectivity index is 2.64. The normalized spacial score (nSPS) is 10.9. The van der Waals surface area contributed by atoms with E-state index in [2.05, 4.69) is 27.0 Å². The average Bonchev–Trinajstić information content (AvgIpc) is 2.57. The van der Waals surface area contributed by atoms with Gasteiger partial charge in [0.05, 0.1) is 12.6 Å². The van der Waals surface area contributed by atoms with Gasteiger partial charge in [-0.2, -0.15) is 0 Å². The lowest BCUT2D eigenvalue weighted by molar-refractivity contribution is 0.419. The molecule has 0 saturated carbocycles. The van der Waals surface area contributed by atoms with E-state index >= 15 is 0 Å². The average molecular weight is 269 g/mol. The van der Waals surface area contributed by atoms with Gasteiger partial charge in [-0.25, -0.2) is 0 Å². The van der Waals surface area contributed by atoms with Crippen LogP contribution in [0.25, 0.3) is 10.9 Å². The molecule has 4 heteroatoms. The minimum absolute atomic E-state index is 0.633. The van der Waals surface area contributed by atoms with Gasteiger partial charge in [0.1, 0.15) is 5.75 Å². The van der Waals surface area contributed by atoms with Crippen molar-refractivity contribution in [3.05, 3.63) is 28.4 Å². The molecule has 2 rings (SSSR count). The van der Waals surface area contributed by atoms with Gasteiger partial charge in [-0.15, -0.1) is 0 Å². The molecule has 0 fully saturated rings. The Morgan fingerprint density at radius 3 is 2.93 bits per heavy atom. The van der Waals surface area contributed by atoms with E-state index in [1.54, 1.807) is 7.11 Å². The number of H-pyrrole nitrogens is 1. The molecule has 0 spiro atoms. The van der Waals surface area contributed by atoms with Gasteiger partial charge < -0.3 is 15.5 Å². The molecule has 1 aromatic carbocycles. The Kier molecular flexibility index (Phi) is 2.98. The third kappa shape index (κ3) is 1.75. The maximum Gasteiger partial charge on any atom is 0.142 e. The third-order valence-electron chi connectivity index (χ3n) is 2.42. The summed E-state index contributed by atoms with van der Waals surface area (Å²) in [5, 5.41) is 1.14. The van der Waals surface area contributed by atoms with Crippen LogP contribution in [0.2, 0.25) is 0 Å². The smallest absolute Gasteiger partial charge is 0.142 e. The number of fused-ring (bicyclic) bond motifs is 1. The molecule has 0 bridgehead atoms. The second-order valence-corrected chi connectivity index (χ2v) is 4.13. The van der Waals surface area contributed by atoms with Gasteiger partial charge in [-0.1, -0.05) is 12.1 Å². The summed E-state index contributed by atoms with van der Waals surface area (Å²) < 4.78 is 6.38. The van der Waals surface area contributed by atoms with Crippen molar-refractivity contribution in [1.29, 1.82) is 0 Å². The second kappa shape index (κ2) is 4.24. The number of hydrogen-bond acceptors (Lipinski definition) is 2. The van der Waals surface area contributed by atoms with Gasteiger partial charge in [0.25, 0.3) is 0 Å². The fourth-order valence-corrected chi connectivity index (χ4v) is 2.33. The zero-order chi connectivity index (χ0) is 10.8. The highest BCUT2D eigenvalue weighted by atomic mass is 79.9. The van der Waals surface area contributed by atoms with Gasteiger partial charge in [0, 0.05) is 22.0 Å². The van der Waals surface area contributed by atoms with Crippen molar-refractivity contribution >= 4 is 26.8 Å². The number of methoxy groups -OCH3 is 1. The van der Waals surface area contributed by atoms with Gasteiger partial charge >= 0.3 is 0 Å². The number of halogens is 1. The monoisotopic (exact) mass is 268 g/mol. The van der Waals surface area contributed by atoms with Crippen LogP contribution in [0.4, 0.5) is 0 Å². The van der Waals surface area contributed by atoms with Crippen LogP contribution in [0.1, 0.15) is 5.69 Å². The first kappa shape index (κ1) is 10.5.